The number of sulfonamides is 1. The van der Waals surface area contributed by atoms with Crippen LogP contribution in [0.25, 0.3) is 0 Å². The third-order valence-electron chi connectivity index (χ3n) is 4.21. The van der Waals surface area contributed by atoms with E-state index in [1.807, 2.05) is 6.07 Å². The molecule has 0 bridgehead atoms. The Labute approximate surface area is 172 Å². The fourth-order valence-corrected chi connectivity index (χ4v) is 4.59. The summed E-state index contributed by atoms with van der Waals surface area (Å²) in [6.07, 6.45) is 0. The molecule has 1 amide bonds. The van der Waals surface area contributed by atoms with Crippen molar-refractivity contribution in [1.29, 1.82) is 0 Å². The molecule has 0 aromatic heterocycles. The van der Waals surface area contributed by atoms with Crippen molar-refractivity contribution in [3.8, 4) is 5.75 Å². The van der Waals surface area contributed by atoms with Gasteiger partial charge >= 0.3 is 0 Å². The molecule has 7 nitrogen and oxygen atoms in total. The Morgan fingerprint density at radius 1 is 1.11 bits per heavy atom. The Balaban J connectivity index is 1.49. The van der Waals surface area contributed by atoms with Crippen molar-refractivity contribution in [3.05, 3.63) is 58.6 Å². The van der Waals surface area contributed by atoms with Gasteiger partial charge < -0.3 is 14.8 Å². The lowest BCUT2D eigenvalue weighted by atomic mass is 10.2. The van der Waals surface area contributed by atoms with Crippen LogP contribution in [0.3, 0.4) is 0 Å². The second-order valence-electron chi connectivity index (χ2n) is 6.07. The van der Waals surface area contributed by atoms with Crippen LogP contribution in [0.4, 0.5) is 0 Å². The van der Waals surface area contributed by atoms with Gasteiger partial charge in [0.25, 0.3) is 5.91 Å². The smallest absolute Gasteiger partial charge is 0.252 e. The molecule has 1 heterocycles. The number of carbonyl (C=O) groups excluding carboxylic acids is 1. The zero-order valence-electron chi connectivity index (χ0n) is 15.1. The maximum atomic E-state index is 12.6. The van der Waals surface area contributed by atoms with E-state index in [4.69, 9.17) is 9.47 Å². The van der Waals surface area contributed by atoms with E-state index in [0.29, 0.717) is 44.2 Å². The van der Waals surface area contributed by atoms with Crippen LogP contribution in [0, 0.1) is 0 Å². The molecular weight excluding hydrogens is 448 g/mol. The minimum Gasteiger partial charge on any atom is -0.492 e. The SMILES string of the molecule is O=C(NCCOc1ccc(S(=O)(=O)N2CCOCC2)cc1)c1ccccc1Br. The number of benzene rings is 2. The van der Waals surface area contributed by atoms with Crippen LogP contribution in [0.2, 0.25) is 0 Å². The van der Waals surface area contributed by atoms with Crippen molar-refractivity contribution >= 4 is 31.9 Å². The third-order valence-corrected chi connectivity index (χ3v) is 6.81. The summed E-state index contributed by atoms with van der Waals surface area (Å²) in [4.78, 5) is 12.3. The van der Waals surface area contributed by atoms with Gasteiger partial charge in [0.1, 0.15) is 12.4 Å². The highest BCUT2D eigenvalue weighted by Gasteiger charge is 2.26. The van der Waals surface area contributed by atoms with E-state index in [1.54, 1.807) is 30.3 Å². The number of nitrogens with zero attached hydrogens (tertiary/aromatic N) is 1. The first kappa shape index (κ1) is 20.8. The second-order valence-corrected chi connectivity index (χ2v) is 8.86. The summed E-state index contributed by atoms with van der Waals surface area (Å²) in [6.45, 7) is 2.13. The van der Waals surface area contributed by atoms with Gasteiger partial charge in [-0.3, -0.25) is 4.79 Å². The molecule has 1 N–H and O–H groups in total. The van der Waals surface area contributed by atoms with E-state index < -0.39 is 10.0 Å². The van der Waals surface area contributed by atoms with Crippen LogP contribution in [0.1, 0.15) is 10.4 Å². The Hall–Kier alpha value is -1.94. The molecule has 150 valence electrons. The molecule has 2 aromatic rings. The van der Waals surface area contributed by atoms with E-state index in [2.05, 4.69) is 21.2 Å². The van der Waals surface area contributed by atoms with Crippen molar-refractivity contribution in [1.82, 2.24) is 9.62 Å². The van der Waals surface area contributed by atoms with Crippen molar-refractivity contribution in [3.63, 3.8) is 0 Å². The van der Waals surface area contributed by atoms with E-state index in [9.17, 15) is 13.2 Å². The van der Waals surface area contributed by atoms with Gasteiger partial charge in [0, 0.05) is 17.6 Å². The molecule has 2 aromatic carbocycles. The monoisotopic (exact) mass is 468 g/mol. The second kappa shape index (κ2) is 9.51. The Kier molecular flexibility index (Phi) is 7.06. The molecule has 0 aliphatic carbocycles. The first-order chi connectivity index (χ1) is 13.5. The van der Waals surface area contributed by atoms with E-state index in [1.165, 1.54) is 16.4 Å². The van der Waals surface area contributed by atoms with Crippen molar-refractivity contribution in [2.45, 2.75) is 4.90 Å². The molecule has 9 heteroatoms. The number of amides is 1. The van der Waals surface area contributed by atoms with Gasteiger partial charge in [0.15, 0.2) is 0 Å². The molecule has 1 fully saturated rings. The number of ether oxygens (including phenoxy) is 2. The molecule has 0 spiro atoms. The van der Waals surface area contributed by atoms with Crippen molar-refractivity contribution in [2.75, 3.05) is 39.5 Å². The summed E-state index contributed by atoms with van der Waals surface area (Å²) < 4.78 is 38.1. The summed E-state index contributed by atoms with van der Waals surface area (Å²) in [7, 11) is -3.51. The lowest BCUT2D eigenvalue weighted by molar-refractivity contribution is 0.0730. The molecule has 3 rings (SSSR count). The number of rotatable bonds is 7. The van der Waals surface area contributed by atoms with Gasteiger partial charge in [-0.2, -0.15) is 4.31 Å². The fourth-order valence-electron chi connectivity index (χ4n) is 2.72. The summed E-state index contributed by atoms with van der Waals surface area (Å²) in [6, 6.07) is 13.5. The van der Waals surface area contributed by atoms with Crippen LogP contribution < -0.4 is 10.1 Å². The molecule has 0 atom stereocenters. The lowest BCUT2D eigenvalue weighted by Gasteiger charge is -2.26. The lowest BCUT2D eigenvalue weighted by Crippen LogP contribution is -2.40. The predicted octanol–water partition coefficient (Wildman–Crippen LogP) is 2.28. The van der Waals surface area contributed by atoms with Gasteiger partial charge in [0.05, 0.1) is 30.2 Å². The van der Waals surface area contributed by atoms with E-state index >= 15 is 0 Å². The van der Waals surface area contributed by atoms with Crippen LogP contribution >= 0.6 is 15.9 Å². The molecule has 28 heavy (non-hydrogen) atoms. The topological polar surface area (TPSA) is 84.9 Å². The first-order valence-corrected chi connectivity index (χ1v) is 11.1. The van der Waals surface area contributed by atoms with Gasteiger partial charge in [0.2, 0.25) is 10.0 Å². The van der Waals surface area contributed by atoms with Crippen LogP contribution in [-0.2, 0) is 14.8 Å². The van der Waals surface area contributed by atoms with Gasteiger partial charge in [-0.05, 0) is 52.3 Å². The average molecular weight is 469 g/mol. The number of hydrogen-bond donors (Lipinski definition) is 1. The maximum absolute atomic E-state index is 12.6. The first-order valence-electron chi connectivity index (χ1n) is 8.82. The largest absolute Gasteiger partial charge is 0.492 e. The summed E-state index contributed by atoms with van der Waals surface area (Å²) in [5.74, 6) is 0.346. The number of hydrogen-bond acceptors (Lipinski definition) is 5. The molecule has 0 saturated carbocycles. The molecule has 1 aliphatic heterocycles. The number of nitrogens with one attached hydrogen (secondary N) is 1. The van der Waals surface area contributed by atoms with Crippen molar-refractivity contribution in [2.24, 2.45) is 0 Å². The molecule has 1 aliphatic rings. The van der Waals surface area contributed by atoms with E-state index in [-0.39, 0.29) is 17.4 Å². The highest BCUT2D eigenvalue weighted by molar-refractivity contribution is 9.10. The highest BCUT2D eigenvalue weighted by Crippen LogP contribution is 2.20. The Bertz CT molecular complexity index is 912. The normalized spacial score (nSPS) is 15.2. The van der Waals surface area contributed by atoms with Crippen LogP contribution in [0.15, 0.2) is 57.9 Å². The van der Waals surface area contributed by atoms with Gasteiger partial charge in [-0.15, -0.1) is 0 Å². The van der Waals surface area contributed by atoms with Crippen LogP contribution in [-0.4, -0.2) is 58.1 Å². The van der Waals surface area contributed by atoms with Crippen LogP contribution in [0.5, 0.6) is 5.75 Å². The summed E-state index contributed by atoms with van der Waals surface area (Å²) in [5.41, 5.74) is 0.556. The Morgan fingerprint density at radius 3 is 2.46 bits per heavy atom. The summed E-state index contributed by atoms with van der Waals surface area (Å²) in [5, 5.41) is 2.78. The molecular formula is C19H21BrN2O5S. The van der Waals surface area contributed by atoms with Crippen molar-refractivity contribution < 1.29 is 22.7 Å². The number of halogens is 1. The zero-order chi connectivity index (χ0) is 20.0. The Morgan fingerprint density at radius 2 is 1.79 bits per heavy atom. The highest BCUT2D eigenvalue weighted by atomic mass is 79.9. The molecule has 0 radical (unpaired) electrons. The zero-order valence-corrected chi connectivity index (χ0v) is 17.5. The predicted molar refractivity (Wildman–Crippen MR) is 108 cm³/mol. The minimum atomic E-state index is -3.51. The maximum Gasteiger partial charge on any atom is 0.252 e. The molecule has 0 unspecified atom stereocenters. The standard InChI is InChI=1S/C19H21BrN2O5S/c20-18-4-2-1-3-17(18)19(23)21-9-12-27-15-5-7-16(8-6-15)28(24,25)22-10-13-26-14-11-22/h1-8H,9-14H2,(H,21,23). The molecule has 1 saturated heterocycles. The number of carbonyl (C=O) groups is 1. The number of morpholine rings is 1. The average Bonchev–Trinajstić information content (AvgIpc) is 2.72. The third kappa shape index (κ3) is 5.11. The summed E-state index contributed by atoms with van der Waals surface area (Å²) >= 11 is 3.34. The van der Waals surface area contributed by atoms with E-state index in [0.717, 1.165) is 4.47 Å². The fraction of sp³-hybridized carbons (Fsp3) is 0.316. The quantitative estimate of drug-likeness (QED) is 0.630. The van der Waals surface area contributed by atoms with Gasteiger partial charge in [-0.1, -0.05) is 12.1 Å². The van der Waals surface area contributed by atoms with Gasteiger partial charge in [-0.25, -0.2) is 8.42 Å². The minimum absolute atomic E-state index is 0.192.